The van der Waals surface area contributed by atoms with Gasteiger partial charge in [-0.3, -0.25) is 14.6 Å². The van der Waals surface area contributed by atoms with Crippen LogP contribution in [-0.4, -0.2) is 25.4 Å². The predicted molar refractivity (Wildman–Crippen MR) is 116 cm³/mol. The molecule has 0 radical (unpaired) electrons. The normalized spacial score (nSPS) is 11.1. The Bertz CT molecular complexity index is 1320. The Morgan fingerprint density at radius 2 is 1.93 bits per heavy atom. The molecule has 3 aromatic heterocycles. The molecule has 152 valence electrons. The summed E-state index contributed by atoms with van der Waals surface area (Å²) in [5, 5.41) is 3.73. The lowest BCUT2D eigenvalue weighted by Gasteiger charge is -2.11. The molecule has 0 aliphatic carbocycles. The summed E-state index contributed by atoms with van der Waals surface area (Å²) in [7, 11) is 1.95. The molecule has 0 unspecified atom stereocenters. The van der Waals surface area contributed by atoms with Gasteiger partial charge in [-0.1, -0.05) is 6.07 Å². The van der Waals surface area contributed by atoms with Crippen molar-refractivity contribution in [1.29, 1.82) is 0 Å². The predicted octanol–water partition coefficient (Wildman–Crippen LogP) is 3.18. The summed E-state index contributed by atoms with van der Waals surface area (Å²) in [6.07, 6.45) is 3.74. The van der Waals surface area contributed by atoms with Crippen molar-refractivity contribution < 1.29 is 4.79 Å². The van der Waals surface area contributed by atoms with Crippen molar-refractivity contribution in [3.8, 4) is 11.1 Å². The van der Waals surface area contributed by atoms with E-state index >= 15 is 0 Å². The van der Waals surface area contributed by atoms with Crippen molar-refractivity contribution in [3.63, 3.8) is 0 Å². The Balaban J connectivity index is 1.72. The summed E-state index contributed by atoms with van der Waals surface area (Å²) in [5.41, 5.74) is 5.12. The van der Waals surface area contributed by atoms with E-state index in [4.69, 9.17) is 0 Å². The smallest absolute Gasteiger partial charge is 0.256 e. The van der Waals surface area contributed by atoms with Crippen molar-refractivity contribution in [3.05, 3.63) is 81.4 Å². The number of fused-ring (bicyclic) bond motifs is 1. The van der Waals surface area contributed by atoms with E-state index in [0.717, 1.165) is 27.7 Å². The van der Waals surface area contributed by atoms with Gasteiger partial charge in [-0.25, -0.2) is 4.98 Å². The minimum Gasteiger partial charge on any atom is -0.351 e. The lowest BCUT2D eigenvalue weighted by Crippen LogP contribution is -2.28. The average Bonchev–Trinajstić information content (AvgIpc) is 3.08. The molecule has 1 aromatic carbocycles. The zero-order chi connectivity index (χ0) is 21.4. The molecule has 4 aromatic rings. The molecule has 3 heterocycles. The minimum atomic E-state index is -0.243. The zero-order valence-electron chi connectivity index (χ0n) is 17.4. The number of pyridine rings is 1. The van der Waals surface area contributed by atoms with E-state index in [1.54, 1.807) is 13.8 Å². The number of H-pyrrole nitrogens is 1. The summed E-state index contributed by atoms with van der Waals surface area (Å²) in [4.78, 5) is 36.7. The molecule has 0 atom stereocenters. The second-order valence-corrected chi connectivity index (χ2v) is 7.47. The maximum atomic E-state index is 13.1. The number of carbonyl (C=O) groups is 1. The van der Waals surface area contributed by atoms with Crippen molar-refractivity contribution in [2.75, 3.05) is 0 Å². The molecule has 0 bridgehead atoms. The molecule has 7 heteroatoms. The first-order valence-corrected chi connectivity index (χ1v) is 9.70. The Labute approximate surface area is 173 Å². The van der Waals surface area contributed by atoms with Crippen LogP contribution in [0.25, 0.3) is 22.0 Å². The highest BCUT2D eigenvalue weighted by Crippen LogP contribution is 2.28. The van der Waals surface area contributed by atoms with Crippen molar-refractivity contribution in [2.45, 2.75) is 27.3 Å². The van der Waals surface area contributed by atoms with E-state index in [1.807, 2.05) is 55.2 Å². The number of benzene rings is 1. The highest BCUT2D eigenvalue weighted by Gasteiger charge is 2.16. The second-order valence-electron chi connectivity index (χ2n) is 7.47. The highest BCUT2D eigenvalue weighted by molar-refractivity contribution is 6.08. The van der Waals surface area contributed by atoms with Gasteiger partial charge in [0.05, 0.1) is 12.1 Å². The van der Waals surface area contributed by atoms with Crippen LogP contribution in [-0.2, 0) is 13.6 Å². The fourth-order valence-corrected chi connectivity index (χ4v) is 3.59. The van der Waals surface area contributed by atoms with Gasteiger partial charge in [0.15, 0.2) is 0 Å². The first kappa shape index (κ1) is 19.6. The Kier molecular flexibility index (Phi) is 4.95. The van der Waals surface area contributed by atoms with Gasteiger partial charge in [-0.05, 0) is 50.6 Å². The van der Waals surface area contributed by atoms with E-state index in [-0.39, 0.29) is 18.0 Å². The van der Waals surface area contributed by atoms with Crippen LogP contribution in [0.2, 0.25) is 0 Å². The molecule has 0 aliphatic rings. The minimum absolute atomic E-state index is 0.109. The Morgan fingerprint density at radius 3 is 2.63 bits per heavy atom. The van der Waals surface area contributed by atoms with Gasteiger partial charge >= 0.3 is 0 Å². The molecule has 4 rings (SSSR count). The van der Waals surface area contributed by atoms with Crippen LogP contribution in [0.5, 0.6) is 0 Å². The van der Waals surface area contributed by atoms with E-state index in [9.17, 15) is 9.59 Å². The fraction of sp³-hybridized carbons (Fsp3) is 0.217. The number of aromatic nitrogens is 4. The van der Waals surface area contributed by atoms with Crippen LogP contribution in [0, 0.1) is 20.8 Å². The van der Waals surface area contributed by atoms with Crippen molar-refractivity contribution in [2.24, 2.45) is 7.05 Å². The lowest BCUT2D eigenvalue weighted by molar-refractivity contribution is 0.0952. The van der Waals surface area contributed by atoms with Crippen molar-refractivity contribution in [1.82, 2.24) is 24.8 Å². The van der Waals surface area contributed by atoms with E-state index in [1.165, 1.54) is 0 Å². The van der Waals surface area contributed by atoms with Crippen LogP contribution in [0.15, 0.2) is 47.5 Å². The van der Waals surface area contributed by atoms with Crippen molar-refractivity contribution >= 4 is 16.8 Å². The summed E-state index contributed by atoms with van der Waals surface area (Å²) < 4.78 is 1.98. The number of amides is 1. The van der Waals surface area contributed by atoms with Gasteiger partial charge < -0.3 is 14.9 Å². The number of nitrogens with one attached hydrogen (secondary N) is 2. The number of carbonyl (C=O) groups excluding carboxylic acids is 1. The van der Waals surface area contributed by atoms with Crippen LogP contribution in [0.1, 0.15) is 33.1 Å². The quantitative estimate of drug-likeness (QED) is 0.549. The summed E-state index contributed by atoms with van der Waals surface area (Å²) in [6, 6.07) is 9.79. The molecule has 2 N–H and O–H groups in total. The molecule has 30 heavy (non-hydrogen) atoms. The second kappa shape index (κ2) is 7.59. The Hall–Kier alpha value is -3.74. The van der Waals surface area contributed by atoms with Crippen LogP contribution >= 0.6 is 0 Å². The van der Waals surface area contributed by atoms with Gasteiger partial charge in [0.2, 0.25) is 0 Å². The SMILES string of the molecule is Cc1ccc(-c2cc(C(=O)NCc3c(C)nc(C)[nH]c3=O)c3ccn(C)c3c2)cn1. The third-order valence-corrected chi connectivity index (χ3v) is 5.26. The van der Waals surface area contributed by atoms with Gasteiger partial charge in [-0.2, -0.15) is 0 Å². The number of hydrogen-bond acceptors (Lipinski definition) is 4. The van der Waals surface area contributed by atoms with Gasteiger partial charge in [-0.15, -0.1) is 0 Å². The standard InChI is InChI=1S/C23H23N5O2/c1-13-5-6-16(11-24-13)17-9-19(18-7-8-28(4)21(18)10-17)22(29)25-12-20-14(2)26-15(3)27-23(20)30/h5-11H,12H2,1-4H3,(H,25,29)(H,26,27,30). The number of aryl methyl sites for hydroxylation is 4. The van der Waals surface area contributed by atoms with E-state index < -0.39 is 0 Å². The molecule has 0 saturated carbocycles. The van der Waals surface area contributed by atoms with Gasteiger partial charge in [0.1, 0.15) is 5.82 Å². The fourth-order valence-electron chi connectivity index (χ4n) is 3.59. The molecule has 0 fully saturated rings. The van der Waals surface area contributed by atoms with Gasteiger partial charge in [0.25, 0.3) is 11.5 Å². The summed E-state index contributed by atoms with van der Waals surface area (Å²) in [6.45, 7) is 5.54. The number of rotatable bonds is 4. The monoisotopic (exact) mass is 401 g/mol. The molecular formula is C23H23N5O2. The highest BCUT2D eigenvalue weighted by atomic mass is 16.1. The number of nitrogens with zero attached hydrogens (tertiary/aromatic N) is 3. The molecule has 0 saturated heterocycles. The van der Waals surface area contributed by atoms with E-state index in [0.29, 0.717) is 22.6 Å². The van der Waals surface area contributed by atoms with Crippen LogP contribution in [0.3, 0.4) is 0 Å². The average molecular weight is 401 g/mol. The maximum Gasteiger partial charge on any atom is 0.256 e. The van der Waals surface area contributed by atoms with Crippen LogP contribution < -0.4 is 10.9 Å². The number of hydrogen-bond donors (Lipinski definition) is 2. The molecule has 7 nitrogen and oxygen atoms in total. The summed E-state index contributed by atoms with van der Waals surface area (Å²) in [5.74, 6) is 0.311. The summed E-state index contributed by atoms with van der Waals surface area (Å²) >= 11 is 0. The first-order valence-electron chi connectivity index (χ1n) is 9.70. The first-order chi connectivity index (χ1) is 14.3. The molecule has 0 spiro atoms. The Morgan fingerprint density at radius 1 is 1.13 bits per heavy atom. The largest absolute Gasteiger partial charge is 0.351 e. The number of aromatic amines is 1. The lowest BCUT2D eigenvalue weighted by atomic mass is 10.0. The molecular weight excluding hydrogens is 378 g/mol. The maximum absolute atomic E-state index is 13.1. The topological polar surface area (TPSA) is 92.7 Å². The molecule has 0 aliphatic heterocycles. The molecule has 1 amide bonds. The van der Waals surface area contributed by atoms with E-state index in [2.05, 4.69) is 26.3 Å². The third kappa shape index (κ3) is 3.61. The zero-order valence-corrected chi connectivity index (χ0v) is 17.4. The van der Waals surface area contributed by atoms with Gasteiger partial charge in [0, 0.05) is 52.9 Å². The third-order valence-electron chi connectivity index (χ3n) is 5.26. The van der Waals surface area contributed by atoms with Crippen LogP contribution in [0.4, 0.5) is 0 Å².